The molecule has 1 N–H and O–H groups in total. The van der Waals surface area contributed by atoms with Crippen LogP contribution in [0.1, 0.15) is 39.5 Å². The third-order valence-electron chi connectivity index (χ3n) is 4.48. The van der Waals surface area contributed by atoms with E-state index >= 15 is 0 Å². The van der Waals surface area contributed by atoms with Gasteiger partial charge < -0.3 is 14.6 Å². The number of carbonyl (C=O) groups is 1. The van der Waals surface area contributed by atoms with Crippen LogP contribution in [0.2, 0.25) is 0 Å². The second-order valence-electron chi connectivity index (χ2n) is 5.81. The van der Waals surface area contributed by atoms with E-state index < -0.39 is 11.5 Å². The molecule has 1 aliphatic carbocycles. The summed E-state index contributed by atoms with van der Waals surface area (Å²) in [5, 5.41) is 9.26. The fourth-order valence-corrected chi connectivity index (χ4v) is 2.82. The summed E-state index contributed by atoms with van der Waals surface area (Å²) >= 11 is 0. The standard InChI is InChI=1S/C13H23NO4/c1-12(2,11(15)16)14(3)10-4-6-13(7-5-10)17-8-9-18-13/h10H,4-9H2,1-3H3,(H,15,16). The van der Waals surface area contributed by atoms with E-state index in [0.29, 0.717) is 13.2 Å². The van der Waals surface area contributed by atoms with E-state index in [2.05, 4.69) is 0 Å². The zero-order valence-corrected chi connectivity index (χ0v) is 11.4. The van der Waals surface area contributed by atoms with Crippen molar-refractivity contribution in [2.45, 2.75) is 56.9 Å². The molecule has 1 heterocycles. The molecule has 0 bridgehead atoms. The van der Waals surface area contributed by atoms with Gasteiger partial charge in [0.05, 0.1) is 13.2 Å². The van der Waals surface area contributed by atoms with Crippen LogP contribution in [0.5, 0.6) is 0 Å². The molecule has 0 radical (unpaired) electrons. The molecule has 5 nitrogen and oxygen atoms in total. The number of hydrogen-bond donors (Lipinski definition) is 1. The highest BCUT2D eigenvalue weighted by Crippen LogP contribution is 2.38. The summed E-state index contributed by atoms with van der Waals surface area (Å²) in [5.41, 5.74) is -0.827. The number of carboxylic acid groups (broad SMARTS) is 1. The van der Waals surface area contributed by atoms with Crippen molar-refractivity contribution in [1.82, 2.24) is 4.90 Å². The van der Waals surface area contributed by atoms with Crippen LogP contribution in [-0.4, -0.2) is 53.6 Å². The van der Waals surface area contributed by atoms with E-state index in [4.69, 9.17) is 9.47 Å². The maximum Gasteiger partial charge on any atom is 0.323 e. The molecular weight excluding hydrogens is 234 g/mol. The smallest absolute Gasteiger partial charge is 0.323 e. The van der Waals surface area contributed by atoms with Crippen LogP contribution < -0.4 is 0 Å². The molecule has 2 rings (SSSR count). The Hall–Kier alpha value is -0.650. The van der Waals surface area contributed by atoms with Crippen LogP contribution in [0.3, 0.4) is 0 Å². The van der Waals surface area contributed by atoms with Crippen LogP contribution in [0.4, 0.5) is 0 Å². The third kappa shape index (κ3) is 2.39. The number of nitrogens with zero attached hydrogens (tertiary/aromatic N) is 1. The highest BCUT2D eigenvalue weighted by molar-refractivity contribution is 5.77. The van der Waals surface area contributed by atoms with Gasteiger partial charge in [-0.15, -0.1) is 0 Å². The molecule has 2 aliphatic rings. The second-order valence-corrected chi connectivity index (χ2v) is 5.81. The fraction of sp³-hybridized carbons (Fsp3) is 0.923. The van der Waals surface area contributed by atoms with Gasteiger partial charge in [-0.3, -0.25) is 9.69 Å². The van der Waals surface area contributed by atoms with Crippen molar-refractivity contribution in [1.29, 1.82) is 0 Å². The maximum atomic E-state index is 11.3. The molecular formula is C13H23NO4. The predicted octanol–water partition coefficient (Wildman–Crippen LogP) is 1.47. The zero-order chi connectivity index (χ0) is 13.4. The molecule has 1 saturated carbocycles. The molecule has 5 heteroatoms. The monoisotopic (exact) mass is 257 g/mol. The molecule has 1 aliphatic heterocycles. The lowest BCUT2D eigenvalue weighted by Gasteiger charge is -2.43. The van der Waals surface area contributed by atoms with E-state index in [0.717, 1.165) is 25.7 Å². The van der Waals surface area contributed by atoms with Crippen molar-refractivity contribution in [2.75, 3.05) is 20.3 Å². The molecule has 0 aromatic rings. The largest absolute Gasteiger partial charge is 0.480 e. The second kappa shape index (κ2) is 4.79. The Kier molecular flexibility index (Phi) is 3.67. The lowest BCUT2D eigenvalue weighted by molar-refractivity contribution is -0.186. The van der Waals surface area contributed by atoms with Crippen molar-refractivity contribution in [3.05, 3.63) is 0 Å². The van der Waals surface area contributed by atoms with Crippen molar-refractivity contribution >= 4 is 5.97 Å². The minimum atomic E-state index is -0.827. The van der Waals surface area contributed by atoms with E-state index in [-0.39, 0.29) is 11.8 Å². The molecule has 1 saturated heterocycles. The van der Waals surface area contributed by atoms with Gasteiger partial charge in [0.25, 0.3) is 0 Å². The van der Waals surface area contributed by atoms with Crippen LogP contribution in [0.25, 0.3) is 0 Å². The molecule has 0 amide bonds. The average Bonchev–Trinajstić information content (AvgIpc) is 2.77. The number of ether oxygens (including phenoxy) is 2. The number of carboxylic acids is 1. The lowest BCUT2D eigenvalue weighted by atomic mass is 9.87. The molecule has 0 aromatic carbocycles. The van der Waals surface area contributed by atoms with Crippen LogP contribution in [0, 0.1) is 0 Å². The van der Waals surface area contributed by atoms with Gasteiger partial charge in [-0.25, -0.2) is 0 Å². The van der Waals surface area contributed by atoms with Crippen molar-refractivity contribution in [3.63, 3.8) is 0 Å². The first-order chi connectivity index (χ1) is 8.37. The summed E-state index contributed by atoms with van der Waals surface area (Å²) in [4.78, 5) is 13.2. The lowest BCUT2D eigenvalue weighted by Crippen LogP contribution is -2.54. The summed E-state index contributed by atoms with van der Waals surface area (Å²) < 4.78 is 11.4. The maximum absolute atomic E-state index is 11.3. The van der Waals surface area contributed by atoms with Gasteiger partial charge in [-0.2, -0.15) is 0 Å². The van der Waals surface area contributed by atoms with Gasteiger partial charge in [0.1, 0.15) is 5.54 Å². The minimum absolute atomic E-state index is 0.287. The molecule has 1 spiro atoms. The van der Waals surface area contributed by atoms with Crippen molar-refractivity contribution < 1.29 is 19.4 Å². The van der Waals surface area contributed by atoms with Gasteiger partial charge >= 0.3 is 5.97 Å². The first-order valence-corrected chi connectivity index (χ1v) is 6.62. The first kappa shape index (κ1) is 13.8. The fourth-order valence-electron chi connectivity index (χ4n) is 2.82. The topological polar surface area (TPSA) is 59.0 Å². The zero-order valence-electron chi connectivity index (χ0n) is 11.4. The van der Waals surface area contributed by atoms with E-state index in [1.54, 1.807) is 13.8 Å². The summed E-state index contributed by atoms with van der Waals surface area (Å²) in [6, 6.07) is 0.287. The summed E-state index contributed by atoms with van der Waals surface area (Å²) in [7, 11) is 1.90. The normalized spacial score (nSPS) is 24.9. The first-order valence-electron chi connectivity index (χ1n) is 6.62. The van der Waals surface area contributed by atoms with Crippen molar-refractivity contribution in [2.24, 2.45) is 0 Å². The summed E-state index contributed by atoms with van der Waals surface area (Å²) in [6.45, 7) is 4.87. The number of rotatable bonds is 3. The van der Waals surface area contributed by atoms with Gasteiger partial charge in [-0.1, -0.05) is 0 Å². The SMILES string of the molecule is CN(C1CCC2(CC1)OCCO2)C(C)(C)C(=O)O. The Balaban J connectivity index is 1.95. The van der Waals surface area contributed by atoms with E-state index in [1.165, 1.54) is 0 Å². The Morgan fingerprint density at radius 1 is 1.28 bits per heavy atom. The Morgan fingerprint density at radius 2 is 1.78 bits per heavy atom. The predicted molar refractivity (Wildman–Crippen MR) is 66.4 cm³/mol. The number of hydrogen-bond acceptors (Lipinski definition) is 4. The summed E-state index contributed by atoms with van der Waals surface area (Å²) in [5.74, 6) is -1.15. The molecule has 0 unspecified atom stereocenters. The van der Waals surface area contributed by atoms with E-state index in [9.17, 15) is 9.90 Å². The van der Waals surface area contributed by atoms with E-state index in [1.807, 2.05) is 11.9 Å². The summed E-state index contributed by atoms with van der Waals surface area (Å²) in [6.07, 6.45) is 3.57. The molecule has 0 aromatic heterocycles. The van der Waals surface area contributed by atoms with Crippen LogP contribution >= 0.6 is 0 Å². The van der Waals surface area contributed by atoms with Gasteiger partial charge in [-0.05, 0) is 33.7 Å². The Morgan fingerprint density at radius 3 is 2.22 bits per heavy atom. The van der Waals surface area contributed by atoms with Crippen LogP contribution in [0.15, 0.2) is 0 Å². The van der Waals surface area contributed by atoms with Gasteiger partial charge in [0.15, 0.2) is 5.79 Å². The minimum Gasteiger partial charge on any atom is -0.480 e. The van der Waals surface area contributed by atoms with Crippen LogP contribution in [-0.2, 0) is 14.3 Å². The highest BCUT2D eigenvalue weighted by Gasteiger charge is 2.44. The molecule has 0 atom stereocenters. The Bertz CT molecular complexity index is 313. The molecule has 2 fully saturated rings. The Labute approximate surface area is 108 Å². The highest BCUT2D eigenvalue weighted by atomic mass is 16.7. The average molecular weight is 257 g/mol. The van der Waals surface area contributed by atoms with Gasteiger partial charge in [0.2, 0.25) is 0 Å². The third-order valence-corrected chi connectivity index (χ3v) is 4.48. The quantitative estimate of drug-likeness (QED) is 0.829. The van der Waals surface area contributed by atoms with Gasteiger partial charge in [0, 0.05) is 18.9 Å². The molecule has 18 heavy (non-hydrogen) atoms. The number of aliphatic carboxylic acids is 1. The van der Waals surface area contributed by atoms with Crippen molar-refractivity contribution in [3.8, 4) is 0 Å². The number of likely N-dealkylation sites (N-methyl/N-ethyl adjacent to an activating group) is 1. The molecule has 104 valence electrons.